The highest BCUT2D eigenvalue weighted by Crippen LogP contribution is 2.59. The van der Waals surface area contributed by atoms with Crippen LogP contribution in [0.15, 0.2) is 42.5 Å². The van der Waals surface area contributed by atoms with Crippen LogP contribution >= 0.6 is 0 Å². The van der Waals surface area contributed by atoms with E-state index in [1.807, 2.05) is 0 Å². The third-order valence-corrected chi connectivity index (χ3v) is 7.18. The molecule has 2 N–H and O–H groups in total. The Hall–Kier alpha value is -2.84. The number of halogens is 2. The van der Waals surface area contributed by atoms with Crippen LogP contribution in [0, 0.1) is 5.41 Å². The largest absolute Gasteiger partial charge is 0.464 e. The third kappa shape index (κ3) is 3.43. The SMILES string of the molecule is CCOC(=O)[C@@H]1C[C@@]2(C)CC2N1C(=O)CNC(O)c1ccc2c(c1)-c1ccccc1C2(F)F. The maximum absolute atomic E-state index is 14.8. The predicted octanol–water partition coefficient (Wildman–Crippen LogP) is 3.33. The minimum Gasteiger partial charge on any atom is -0.464 e. The minimum atomic E-state index is -3.09. The zero-order valence-electron chi connectivity index (χ0n) is 18.5. The van der Waals surface area contributed by atoms with Crippen molar-refractivity contribution in [2.24, 2.45) is 5.41 Å². The van der Waals surface area contributed by atoms with Gasteiger partial charge in [0.05, 0.1) is 13.2 Å². The zero-order chi connectivity index (χ0) is 23.5. The van der Waals surface area contributed by atoms with Gasteiger partial charge in [-0.2, -0.15) is 8.78 Å². The molecule has 6 nitrogen and oxygen atoms in total. The van der Waals surface area contributed by atoms with Crippen LogP contribution in [0.25, 0.3) is 11.1 Å². The normalized spacial score (nSPS) is 26.9. The van der Waals surface area contributed by atoms with Crippen molar-refractivity contribution in [1.29, 1.82) is 0 Å². The molecule has 0 spiro atoms. The molecule has 174 valence electrons. The molecule has 2 fully saturated rings. The van der Waals surface area contributed by atoms with Gasteiger partial charge in [0.2, 0.25) is 5.91 Å². The average Bonchev–Trinajstić information content (AvgIpc) is 3.27. The number of fused-ring (bicyclic) bond motifs is 4. The predicted molar refractivity (Wildman–Crippen MR) is 116 cm³/mol. The van der Waals surface area contributed by atoms with Crippen LogP contribution < -0.4 is 5.32 Å². The lowest BCUT2D eigenvalue weighted by Crippen LogP contribution is -2.47. The molecule has 2 unspecified atom stereocenters. The first-order valence-corrected chi connectivity index (χ1v) is 11.2. The summed E-state index contributed by atoms with van der Waals surface area (Å²) >= 11 is 0. The number of aliphatic hydroxyl groups excluding tert-OH is 1. The Morgan fingerprint density at radius 2 is 1.91 bits per heavy atom. The number of nitrogens with one attached hydrogen (secondary N) is 1. The monoisotopic (exact) mass is 456 g/mol. The van der Waals surface area contributed by atoms with Gasteiger partial charge in [-0.1, -0.05) is 43.3 Å². The molecule has 1 amide bonds. The van der Waals surface area contributed by atoms with Crippen LogP contribution in [0.4, 0.5) is 8.78 Å². The molecular formula is C25H26F2N2O4. The molecule has 1 heterocycles. The first-order chi connectivity index (χ1) is 15.7. The molecule has 1 aliphatic heterocycles. The van der Waals surface area contributed by atoms with Crippen LogP contribution in [0.1, 0.15) is 49.6 Å². The van der Waals surface area contributed by atoms with E-state index < -0.39 is 24.2 Å². The second-order valence-electron chi connectivity index (χ2n) is 9.36. The Bertz CT molecular complexity index is 1140. The zero-order valence-corrected chi connectivity index (χ0v) is 18.5. The summed E-state index contributed by atoms with van der Waals surface area (Å²) in [6, 6.07) is 10.0. The molecule has 1 saturated heterocycles. The minimum absolute atomic E-state index is 0.00271. The summed E-state index contributed by atoms with van der Waals surface area (Å²) in [5, 5.41) is 13.4. The van der Waals surface area contributed by atoms with E-state index in [4.69, 9.17) is 4.74 Å². The summed E-state index contributed by atoms with van der Waals surface area (Å²) < 4.78 is 34.6. The number of nitrogens with zero attached hydrogens (tertiary/aromatic N) is 1. The van der Waals surface area contributed by atoms with Crippen molar-refractivity contribution in [3.8, 4) is 11.1 Å². The van der Waals surface area contributed by atoms with E-state index >= 15 is 0 Å². The van der Waals surface area contributed by atoms with Crippen LogP contribution in [-0.2, 0) is 20.2 Å². The Morgan fingerprint density at radius 3 is 2.67 bits per heavy atom. The van der Waals surface area contributed by atoms with Gasteiger partial charge in [-0.15, -0.1) is 0 Å². The number of esters is 1. The van der Waals surface area contributed by atoms with Crippen LogP contribution in [0.5, 0.6) is 0 Å². The van der Waals surface area contributed by atoms with E-state index in [2.05, 4.69) is 12.2 Å². The molecule has 1 saturated carbocycles. The fourth-order valence-electron chi connectivity index (χ4n) is 5.34. The molecule has 33 heavy (non-hydrogen) atoms. The summed E-state index contributed by atoms with van der Waals surface area (Å²) in [7, 11) is 0. The maximum Gasteiger partial charge on any atom is 0.328 e. The fraction of sp³-hybridized carbons (Fsp3) is 0.440. The number of piperidine rings is 1. The van der Waals surface area contributed by atoms with Gasteiger partial charge in [-0.3, -0.25) is 10.1 Å². The Balaban J connectivity index is 1.30. The van der Waals surface area contributed by atoms with Gasteiger partial charge in [0.15, 0.2) is 0 Å². The third-order valence-electron chi connectivity index (χ3n) is 7.18. The van der Waals surface area contributed by atoms with E-state index in [0.29, 0.717) is 23.1 Å². The van der Waals surface area contributed by atoms with Crippen molar-refractivity contribution < 1.29 is 28.2 Å². The summed E-state index contributed by atoms with van der Waals surface area (Å²) in [6.07, 6.45) is 0.189. The van der Waals surface area contributed by atoms with E-state index in [9.17, 15) is 23.5 Å². The Labute approximate surface area is 190 Å². The standard InChI is InChI=1S/C25H26F2N2O4/c1-3-33-23(32)19-11-24(2)12-20(24)29(19)21(30)13-28-22(31)14-8-9-18-16(10-14)15-6-4-5-7-17(15)25(18,26)27/h4-10,19-20,22,28,31H,3,11-13H2,1-2H3/t19-,20?,22?,24-/m0/s1. The van der Waals surface area contributed by atoms with Crippen molar-refractivity contribution >= 4 is 11.9 Å². The molecule has 5 rings (SSSR count). The highest BCUT2D eigenvalue weighted by Gasteiger charge is 2.64. The lowest BCUT2D eigenvalue weighted by molar-refractivity contribution is -0.154. The number of ether oxygens (including phenoxy) is 1. The number of likely N-dealkylation sites (tertiary alicyclic amines) is 1. The smallest absolute Gasteiger partial charge is 0.328 e. The lowest BCUT2D eigenvalue weighted by atomic mass is 10.0. The summed E-state index contributed by atoms with van der Waals surface area (Å²) in [5.41, 5.74) is 0.971. The van der Waals surface area contributed by atoms with Gasteiger partial charge in [0.1, 0.15) is 12.3 Å². The van der Waals surface area contributed by atoms with E-state index in [1.54, 1.807) is 30.0 Å². The van der Waals surface area contributed by atoms with E-state index in [-0.39, 0.29) is 41.6 Å². The number of rotatable bonds is 6. The number of benzene rings is 2. The number of carbonyl (C=O) groups is 2. The molecule has 0 aromatic heterocycles. The van der Waals surface area contributed by atoms with Crippen molar-refractivity contribution in [2.45, 2.75) is 50.9 Å². The molecular weight excluding hydrogens is 430 g/mol. The number of aliphatic hydroxyl groups is 1. The molecule has 4 atom stereocenters. The van der Waals surface area contributed by atoms with E-state index in [1.165, 1.54) is 24.3 Å². The second kappa shape index (κ2) is 7.60. The lowest BCUT2D eigenvalue weighted by Gasteiger charge is -2.26. The van der Waals surface area contributed by atoms with Crippen molar-refractivity contribution in [3.63, 3.8) is 0 Å². The molecule has 2 aromatic rings. The van der Waals surface area contributed by atoms with Crippen LogP contribution in [0.2, 0.25) is 0 Å². The molecule has 3 aliphatic rings. The van der Waals surface area contributed by atoms with Crippen LogP contribution in [0.3, 0.4) is 0 Å². The first-order valence-electron chi connectivity index (χ1n) is 11.2. The number of carbonyl (C=O) groups excluding carboxylic acids is 2. The fourth-order valence-corrected chi connectivity index (χ4v) is 5.34. The number of alkyl halides is 2. The number of hydrogen-bond donors (Lipinski definition) is 2. The van der Waals surface area contributed by atoms with Crippen LogP contribution in [-0.4, -0.2) is 47.1 Å². The number of amides is 1. The molecule has 0 bridgehead atoms. The van der Waals surface area contributed by atoms with Gasteiger partial charge in [0.25, 0.3) is 5.92 Å². The average molecular weight is 456 g/mol. The van der Waals surface area contributed by atoms with Gasteiger partial charge in [-0.05, 0) is 47.9 Å². The van der Waals surface area contributed by atoms with Gasteiger partial charge < -0.3 is 14.7 Å². The summed E-state index contributed by atoms with van der Waals surface area (Å²) in [5.74, 6) is -3.79. The maximum atomic E-state index is 14.8. The van der Waals surface area contributed by atoms with Crippen molar-refractivity contribution in [2.75, 3.05) is 13.2 Å². The van der Waals surface area contributed by atoms with Gasteiger partial charge >= 0.3 is 5.97 Å². The topological polar surface area (TPSA) is 78.9 Å². The first kappa shape index (κ1) is 22.0. The molecule has 2 aliphatic carbocycles. The molecule has 2 aromatic carbocycles. The highest BCUT2D eigenvalue weighted by atomic mass is 19.3. The summed E-state index contributed by atoms with van der Waals surface area (Å²) in [4.78, 5) is 26.9. The summed E-state index contributed by atoms with van der Waals surface area (Å²) in [6.45, 7) is 3.84. The molecule has 8 heteroatoms. The van der Waals surface area contributed by atoms with Gasteiger partial charge in [0, 0.05) is 17.2 Å². The second-order valence-corrected chi connectivity index (χ2v) is 9.36. The van der Waals surface area contributed by atoms with E-state index in [0.717, 1.165) is 6.42 Å². The Morgan fingerprint density at radius 1 is 1.18 bits per heavy atom. The quantitative estimate of drug-likeness (QED) is 0.515. The Kier molecular flexibility index (Phi) is 5.06. The highest BCUT2D eigenvalue weighted by molar-refractivity contribution is 5.87. The van der Waals surface area contributed by atoms with Crippen molar-refractivity contribution in [3.05, 3.63) is 59.2 Å². The van der Waals surface area contributed by atoms with Crippen molar-refractivity contribution in [1.82, 2.24) is 10.2 Å². The van der Waals surface area contributed by atoms with Gasteiger partial charge in [-0.25, -0.2) is 4.79 Å². The molecule has 0 radical (unpaired) electrons. The number of hydrogen-bond acceptors (Lipinski definition) is 5.